The summed E-state index contributed by atoms with van der Waals surface area (Å²) in [5.74, 6) is 0.156. The molecule has 9 heteroatoms. The van der Waals surface area contributed by atoms with Gasteiger partial charge in [-0.15, -0.1) is 0 Å². The van der Waals surface area contributed by atoms with Crippen LogP contribution in [0.1, 0.15) is 12.0 Å². The van der Waals surface area contributed by atoms with E-state index in [0.29, 0.717) is 30.1 Å². The first-order valence-corrected chi connectivity index (χ1v) is 12.4. The van der Waals surface area contributed by atoms with Crippen molar-refractivity contribution in [1.82, 2.24) is 24.0 Å². The van der Waals surface area contributed by atoms with Crippen LogP contribution >= 0.6 is 0 Å². The highest BCUT2D eigenvalue weighted by molar-refractivity contribution is 5.73. The second-order valence-corrected chi connectivity index (χ2v) is 9.41. The number of aliphatic hydroxyl groups is 1. The summed E-state index contributed by atoms with van der Waals surface area (Å²) < 4.78 is 23.6. The molecule has 0 amide bonds. The molecule has 3 aromatic carbocycles. The van der Waals surface area contributed by atoms with Crippen molar-refractivity contribution in [3.63, 3.8) is 0 Å². The van der Waals surface area contributed by atoms with Crippen LogP contribution in [0.3, 0.4) is 0 Å². The second kappa shape index (κ2) is 9.85. The van der Waals surface area contributed by atoms with Gasteiger partial charge < -0.3 is 9.84 Å². The van der Waals surface area contributed by atoms with Crippen LogP contribution in [0, 0.1) is 5.82 Å². The molecule has 0 aliphatic carbocycles. The minimum absolute atomic E-state index is 0.107. The van der Waals surface area contributed by atoms with E-state index < -0.39 is 11.4 Å². The number of likely N-dealkylation sites (tertiary alicyclic amines) is 1. The van der Waals surface area contributed by atoms with E-state index in [1.165, 1.54) is 23.3 Å². The van der Waals surface area contributed by atoms with E-state index in [-0.39, 0.29) is 23.0 Å². The standard InChI is InChI=1S/C29H26FN5O3/c1-38-23-9-7-21(8-10-23)34-17-31-28-27(34)29(37)35(18-32-28)26-11-6-19(14-25(26)30)24-5-3-2-4-20(24)15-33-13-12-22(36)16-33/h2-11,14,17-18,22,36H,12-13,15-16H2,1H3/t22-/m1/s1. The van der Waals surface area contributed by atoms with Crippen LogP contribution < -0.4 is 10.3 Å². The quantitative estimate of drug-likeness (QED) is 0.372. The Hall–Kier alpha value is -4.34. The van der Waals surface area contributed by atoms with Gasteiger partial charge in [0.1, 0.15) is 24.2 Å². The largest absolute Gasteiger partial charge is 0.497 e. The van der Waals surface area contributed by atoms with Gasteiger partial charge in [0.2, 0.25) is 0 Å². The van der Waals surface area contributed by atoms with Crippen LogP contribution in [-0.4, -0.2) is 55.4 Å². The van der Waals surface area contributed by atoms with Crippen LogP contribution in [-0.2, 0) is 6.54 Å². The van der Waals surface area contributed by atoms with E-state index in [9.17, 15) is 9.90 Å². The summed E-state index contributed by atoms with van der Waals surface area (Å²) in [6.45, 7) is 2.13. The summed E-state index contributed by atoms with van der Waals surface area (Å²) in [6, 6.07) is 19.9. The Morgan fingerprint density at radius 1 is 1.03 bits per heavy atom. The maximum atomic E-state index is 15.6. The molecule has 1 aliphatic rings. The van der Waals surface area contributed by atoms with Crippen molar-refractivity contribution in [2.45, 2.75) is 19.1 Å². The molecule has 5 aromatic rings. The molecule has 1 aliphatic heterocycles. The van der Waals surface area contributed by atoms with Crippen LogP contribution in [0.5, 0.6) is 5.75 Å². The molecule has 1 N–H and O–H groups in total. The molecule has 1 atom stereocenters. The lowest BCUT2D eigenvalue weighted by molar-refractivity contribution is 0.175. The number of aromatic nitrogens is 4. The molecule has 3 heterocycles. The van der Waals surface area contributed by atoms with Gasteiger partial charge in [0.15, 0.2) is 11.2 Å². The molecule has 192 valence electrons. The summed E-state index contributed by atoms with van der Waals surface area (Å²) in [6.07, 6.45) is 3.29. The highest BCUT2D eigenvalue weighted by Crippen LogP contribution is 2.28. The maximum absolute atomic E-state index is 15.6. The lowest BCUT2D eigenvalue weighted by atomic mass is 9.99. The molecular weight excluding hydrogens is 485 g/mol. The molecule has 0 spiro atoms. The van der Waals surface area contributed by atoms with E-state index in [1.807, 2.05) is 42.5 Å². The molecule has 0 unspecified atom stereocenters. The predicted octanol–water partition coefficient (Wildman–Crippen LogP) is 3.95. The SMILES string of the molecule is COc1ccc(-n2cnc3ncn(-c4ccc(-c5ccccc5CN5CC[C@@H](O)C5)cc4F)c(=O)c32)cc1. The van der Waals surface area contributed by atoms with Crippen molar-refractivity contribution in [3.8, 4) is 28.3 Å². The highest BCUT2D eigenvalue weighted by atomic mass is 19.1. The zero-order chi connectivity index (χ0) is 26.2. The second-order valence-electron chi connectivity index (χ2n) is 9.41. The average molecular weight is 512 g/mol. The molecule has 2 aromatic heterocycles. The van der Waals surface area contributed by atoms with Gasteiger partial charge in [-0.25, -0.2) is 14.4 Å². The van der Waals surface area contributed by atoms with Crippen molar-refractivity contribution in [2.24, 2.45) is 0 Å². The number of β-amino-alcohol motifs (C(OH)–C–C–N with tert-alkyl or cyclic N) is 1. The molecule has 38 heavy (non-hydrogen) atoms. The van der Waals surface area contributed by atoms with Crippen molar-refractivity contribution in [2.75, 3.05) is 20.2 Å². The third kappa shape index (κ3) is 4.36. The Bertz CT molecular complexity index is 1680. The minimum Gasteiger partial charge on any atom is -0.497 e. The molecule has 0 radical (unpaired) electrons. The summed E-state index contributed by atoms with van der Waals surface area (Å²) in [4.78, 5) is 24.3. The molecule has 8 nitrogen and oxygen atoms in total. The number of nitrogens with zero attached hydrogens (tertiary/aromatic N) is 5. The summed E-state index contributed by atoms with van der Waals surface area (Å²) in [7, 11) is 1.58. The normalized spacial score (nSPS) is 15.8. The number of hydrogen-bond donors (Lipinski definition) is 1. The third-order valence-electron chi connectivity index (χ3n) is 6.99. The van der Waals surface area contributed by atoms with Gasteiger partial charge in [0, 0.05) is 25.3 Å². The van der Waals surface area contributed by atoms with Crippen molar-refractivity contribution in [1.29, 1.82) is 0 Å². The van der Waals surface area contributed by atoms with E-state index in [4.69, 9.17) is 4.74 Å². The number of ether oxygens (including phenoxy) is 1. The van der Waals surface area contributed by atoms with Gasteiger partial charge in [-0.3, -0.25) is 18.8 Å². The topological polar surface area (TPSA) is 85.4 Å². The number of rotatable bonds is 6. The van der Waals surface area contributed by atoms with E-state index >= 15 is 4.39 Å². The van der Waals surface area contributed by atoms with Gasteiger partial charge in [0.05, 0.1) is 18.9 Å². The van der Waals surface area contributed by atoms with E-state index in [2.05, 4.69) is 14.9 Å². The maximum Gasteiger partial charge on any atom is 0.284 e. The fourth-order valence-corrected chi connectivity index (χ4v) is 5.03. The Labute approximate surface area is 218 Å². The Balaban J connectivity index is 1.37. The van der Waals surface area contributed by atoms with Gasteiger partial charge in [-0.2, -0.15) is 0 Å². The molecule has 1 fully saturated rings. The van der Waals surface area contributed by atoms with Crippen molar-refractivity contribution >= 4 is 11.2 Å². The molecule has 1 saturated heterocycles. The number of fused-ring (bicyclic) bond motifs is 1. The smallest absolute Gasteiger partial charge is 0.284 e. The first kappa shape index (κ1) is 24.0. The molecule has 6 rings (SSSR count). The molecule has 0 saturated carbocycles. The lowest BCUT2D eigenvalue weighted by Gasteiger charge is -2.18. The zero-order valence-corrected chi connectivity index (χ0v) is 20.8. The van der Waals surface area contributed by atoms with Gasteiger partial charge in [0.25, 0.3) is 5.56 Å². The van der Waals surface area contributed by atoms with E-state index in [0.717, 1.165) is 24.1 Å². The summed E-state index contributed by atoms with van der Waals surface area (Å²) in [5.41, 5.74) is 3.60. The van der Waals surface area contributed by atoms with Gasteiger partial charge >= 0.3 is 0 Å². The monoisotopic (exact) mass is 511 g/mol. The van der Waals surface area contributed by atoms with Crippen LogP contribution in [0.25, 0.3) is 33.7 Å². The number of halogens is 1. The first-order valence-electron chi connectivity index (χ1n) is 12.4. The summed E-state index contributed by atoms with van der Waals surface area (Å²) in [5, 5.41) is 9.88. The summed E-state index contributed by atoms with van der Waals surface area (Å²) >= 11 is 0. The van der Waals surface area contributed by atoms with Gasteiger partial charge in [-0.1, -0.05) is 30.3 Å². The van der Waals surface area contributed by atoms with Crippen molar-refractivity contribution < 1.29 is 14.2 Å². The molecular formula is C29H26FN5O3. The Morgan fingerprint density at radius 3 is 2.50 bits per heavy atom. The number of methoxy groups -OCH3 is 1. The van der Waals surface area contributed by atoms with Crippen molar-refractivity contribution in [3.05, 3.63) is 101 Å². The Morgan fingerprint density at radius 2 is 1.79 bits per heavy atom. The van der Waals surface area contributed by atoms with E-state index in [1.54, 1.807) is 29.9 Å². The Kier molecular flexibility index (Phi) is 6.22. The number of imidazole rings is 1. The average Bonchev–Trinajstić information content (AvgIpc) is 3.56. The molecule has 0 bridgehead atoms. The van der Waals surface area contributed by atoms with Crippen LogP contribution in [0.2, 0.25) is 0 Å². The van der Waals surface area contributed by atoms with Crippen LogP contribution in [0.4, 0.5) is 4.39 Å². The lowest BCUT2D eigenvalue weighted by Crippen LogP contribution is -2.22. The number of aliphatic hydroxyl groups excluding tert-OH is 1. The van der Waals surface area contributed by atoms with Gasteiger partial charge in [-0.05, 0) is 59.5 Å². The number of benzene rings is 3. The van der Waals surface area contributed by atoms with Crippen LogP contribution in [0.15, 0.2) is 84.2 Å². The first-order chi connectivity index (χ1) is 18.5. The fourth-order valence-electron chi connectivity index (χ4n) is 5.03. The predicted molar refractivity (Wildman–Crippen MR) is 142 cm³/mol. The third-order valence-corrected chi connectivity index (χ3v) is 6.99. The minimum atomic E-state index is -0.535. The number of hydrogen-bond acceptors (Lipinski definition) is 6. The zero-order valence-electron chi connectivity index (χ0n) is 20.8. The fraction of sp³-hybridized carbons (Fsp3) is 0.207. The highest BCUT2D eigenvalue weighted by Gasteiger charge is 2.21.